The van der Waals surface area contributed by atoms with E-state index in [1.54, 1.807) is 25.1 Å². The topological polar surface area (TPSA) is 93.5 Å². The molecule has 0 saturated heterocycles. The summed E-state index contributed by atoms with van der Waals surface area (Å²) in [5.41, 5.74) is 8.90. The molecular weight excluding hydrogens is 262 g/mol. The molecule has 0 N–H and O–H groups in total. The zero-order chi connectivity index (χ0) is 15.0. The molecule has 0 saturated carbocycles. The summed E-state index contributed by atoms with van der Waals surface area (Å²) in [6, 6.07) is 5.15. The van der Waals surface area contributed by atoms with E-state index in [0.29, 0.717) is 17.1 Å². The van der Waals surface area contributed by atoms with Gasteiger partial charge in [0.1, 0.15) is 5.70 Å². The quantitative estimate of drug-likeness (QED) is 0.262. The van der Waals surface area contributed by atoms with E-state index < -0.39 is 5.97 Å². The van der Waals surface area contributed by atoms with Crippen LogP contribution in [0.4, 0.5) is 0 Å². The van der Waals surface area contributed by atoms with Crippen molar-refractivity contribution >= 4 is 12.0 Å². The molecule has 0 heterocycles. The van der Waals surface area contributed by atoms with Gasteiger partial charge in [0, 0.05) is 10.5 Å². The highest BCUT2D eigenvalue weighted by molar-refractivity contribution is 5.93. The first-order chi connectivity index (χ1) is 9.67. The Morgan fingerprint density at radius 2 is 2.15 bits per heavy atom. The zero-order valence-electron chi connectivity index (χ0n) is 11.5. The number of nitrogens with zero attached hydrogens (tertiary/aromatic N) is 3. The van der Waals surface area contributed by atoms with Crippen LogP contribution >= 0.6 is 0 Å². The van der Waals surface area contributed by atoms with Crippen molar-refractivity contribution in [1.29, 1.82) is 0 Å². The lowest BCUT2D eigenvalue weighted by atomic mass is 10.1. The van der Waals surface area contributed by atoms with Gasteiger partial charge in [-0.2, -0.15) is 0 Å². The molecule has 0 amide bonds. The summed E-state index contributed by atoms with van der Waals surface area (Å²) in [7, 11) is 2.98. The number of azide groups is 1. The predicted molar refractivity (Wildman–Crippen MR) is 73.3 cm³/mol. The van der Waals surface area contributed by atoms with E-state index in [1.807, 2.05) is 0 Å². The maximum Gasteiger partial charge on any atom is 0.340 e. The number of hydrogen-bond donors (Lipinski definition) is 0. The van der Waals surface area contributed by atoms with Gasteiger partial charge in [0.25, 0.3) is 0 Å². The fraction of sp³-hybridized carbons (Fsp3) is 0.308. The summed E-state index contributed by atoms with van der Waals surface area (Å²) >= 11 is 0. The number of methoxy groups -OCH3 is 2. The van der Waals surface area contributed by atoms with Crippen LogP contribution in [0, 0.1) is 0 Å². The van der Waals surface area contributed by atoms with E-state index in [2.05, 4.69) is 10.0 Å². The number of para-hydroxylation sites is 1. The monoisotopic (exact) mass is 277 g/mol. The summed E-state index contributed by atoms with van der Waals surface area (Å²) in [5.74, 6) is 0.241. The molecule has 0 aromatic heterocycles. The number of benzene rings is 1. The molecule has 1 aromatic rings. The minimum absolute atomic E-state index is 0.152. The minimum Gasteiger partial charge on any atom is -0.493 e. The first-order valence-electron chi connectivity index (χ1n) is 5.82. The highest BCUT2D eigenvalue weighted by Crippen LogP contribution is 2.32. The van der Waals surface area contributed by atoms with E-state index in [4.69, 9.17) is 19.7 Å². The third kappa shape index (κ3) is 3.66. The van der Waals surface area contributed by atoms with Gasteiger partial charge in [-0.25, -0.2) is 4.79 Å². The van der Waals surface area contributed by atoms with Gasteiger partial charge in [-0.1, -0.05) is 17.2 Å². The second-order valence-corrected chi connectivity index (χ2v) is 3.52. The lowest BCUT2D eigenvalue weighted by Crippen LogP contribution is -2.05. The molecule has 0 radical (unpaired) electrons. The Kier molecular flexibility index (Phi) is 5.93. The van der Waals surface area contributed by atoms with Gasteiger partial charge in [-0.15, -0.1) is 0 Å². The van der Waals surface area contributed by atoms with Crippen LogP contribution in [0.15, 0.2) is 29.0 Å². The van der Waals surface area contributed by atoms with Crippen molar-refractivity contribution in [2.24, 2.45) is 5.11 Å². The molecule has 7 nitrogen and oxygen atoms in total. The smallest absolute Gasteiger partial charge is 0.340 e. The molecule has 106 valence electrons. The number of carbonyl (C=O) groups excluding carboxylic acids is 1. The molecule has 1 aromatic carbocycles. The molecule has 20 heavy (non-hydrogen) atoms. The fourth-order valence-electron chi connectivity index (χ4n) is 1.55. The number of rotatable bonds is 6. The van der Waals surface area contributed by atoms with Gasteiger partial charge in [-0.3, -0.25) is 0 Å². The predicted octanol–water partition coefficient (Wildman–Crippen LogP) is 2.92. The SMILES string of the molecule is CCOC(=O)/C(=C/c1cccc(OC)c1OC)N=[N+]=[N-]. The van der Waals surface area contributed by atoms with E-state index in [-0.39, 0.29) is 12.3 Å². The molecule has 0 fully saturated rings. The highest BCUT2D eigenvalue weighted by atomic mass is 16.5. The Bertz CT molecular complexity index is 563. The molecule has 0 unspecified atom stereocenters. The summed E-state index contributed by atoms with van der Waals surface area (Å²) in [4.78, 5) is 14.3. The van der Waals surface area contributed by atoms with E-state index in [0.717, 1.165) is 0 Å². The third-order valence-corrected chi connectivity index (χ3v) is 2.36. The number of carbonyl (C=O) groups is 1. The van der Waals surface area contributed by atoms with Crippen molar-refractivity contribution < 1.29 is 19.0 Å². The van der Waals surface area contributed by atoms with Crippen LogP contribution in [0.1, 0.15) is 12.5 Å². The van der Waals surface area contributed by atoms with Crippen LogP contribution in [-0.2, 0) is 9.53 Å². The maximum absolute atomic E-state index is 11.7. The summed E-state index contributed by atoms with van der Waals surface area (Å²) in [6.07, 6.45) is 1.39. The largest absolute Gasteiger partial charge is 0.493 e. The molecule has 0 aliphatic heterocycles. The van der Waals surface area contributed by atoms with Gasteiger partial charge < -0.3 is 14.2 Å². The van der Waals surface area contributed by atoms with Crippen LogP contribution in [0.2, 0.25) is 0 Å². The molecule has 0 aliphatic rings. The number of esters is 1. The number of hydrogen-bond acceptors (Lipinski definition) is 5. The summed E-state index contributed by atoms with van der Waals surface area (Å²) in [5, 5.41) is 3.34. The third-order valence-electron chi connectivity index (χ3n) is 2.36. The van der Waals surface area contributed by atoms with Crippen molar-refractivity contribution in [3.63, 3.8) is 0 Å². The molecule has 0 atom stereocenters. The van der Waals surface area contributed by atoms with Crippen molar-refractivity contribution in [2.75, 3.05) is 20.8 Å². The molecule has 0 spiro atoms. The molecule has 0 bridgehead atoms. The Balaban J connectivity index is 3.30. The maximum atomic E-state index is 11.7. The fourth-order valence-corrected chi connectivity index (χ4v) is 1.55. The second-order valence-electron chi connectivity index (χ2n) is 3.52. The van der Waals surface area contributed by atoms with Crippen molar-refractivity contribution in [1.82, 2.24) is 0 Å². The van der Waals surface area contributed by atoms with Crippen molar-refractivity contribution in [3.8, 4) is 11.5 Å². The van der Waals surface area contributed by atoms with Crippen LogP contribution < -0.4 is 9.47 Å². The van der Waals surface area contributed by atoms with Crippen molar-refractivity contribution in [3.05, 3.63) is 39.9 Å². The average molecular weight is 277 g/mol. The molecule has 7 heteroatoms. The van der Waals surface area contributed by atoms with Gasteiger partial charge in [0.2, 0.25) is 0 Å². The second kappa shape index (κ2) is 7.70. The standard InChI is InChI=1S/C13H15N3O4/c1-4-20-13(17)10(15-16-14)8-9-6-5-7-11(18-2)12(9)19-3/h5-8H,4H2,1-3H3/b10-8-. The Morgan fingerprint density at radius 3 is 2.70 bits per heavy atom. The van der Waals surface area contributed by atoms with Crippen LogP contribution in [0.3, 0.4) is 0 Å². The van der Waals surface area contributed by atoms with E-state index in [9.17, 15) is 4.79 Å². The summed E-state index contributed by atoms with van der Waals surface area (Å²) in [6.45, 7) is 1.85. The van der Waals surface area contributed by atoms with Crippen molar-refractivity contribution in [2.45, 2.75) is 6.92 Å². The minimum atomic E-state index is -0.699. The summed E-state index contributed by atoms with van der Waals surface area (Å²) < 4.78 is 15.2. The molecule has 1 rings (SSSR count). The van der Waals surface area contributed by atoms with Gasteiger partial charge in [-0.05, 0) is 24.6 Å². The van der Waals surface area contributed by atoms with Gasteiger partial charge in [0.05, 0.1) is 20.8 Å². The Hall–Kier alpha value is -2.66. The first-order valence-corrected chi connectivity index (χ1v) is 5.82. The van der Waals surface area contributed by atoms with E-state index >= 15 is 0 Å². The average Bonchev–Trinajstić information content (AvgIpc) is 2.46. The van der Waals surface area contributed by atoms with Crippen LogP contribution in [0.5, 0.6) is 11.5 Å². The Labute approximate surface area is 116 Å². The number of ether oxygens (including phenoxy) is 3. The lowest BCUT2D eigenvalue weighted by molar-refractivity contribution is -0.138. The highest BCUT2D eigenvalue weighted by Gasteiger charge is 2.12. The molecule has 0 aliphatic carbocycles. The van der Waals surface area contributed by atoms with Gasteiger partial charge >= 0.3 is 5.97 Å². The van der Waals surface area contributed by atoms with Crippen LogP contribution in [-0.4, -0.2) is 26.8 Å². The first kappa shape index (κ1) is 15.4. The van der Waals surface area contributed by atoms with E-state index in [1.165, 1.54) is 20.3 Å². The zero-order valence-corrected chi connectivity index (χ0v) is 11.5. The molecular formula is C13H15N3O4. The van der Waals surface area contributed by atoms with Crippen LogP contribution in [0.25, 0.3) is 16.5 Å². The van der Waals surface area contributed by atoms with Gasteiger partial charge in [0.15, 0.2) is 11.5 Å². The Morgan fingerprint density at radius 1 is 1.40 bits per heavy atom. The lowest BCUT2D eigenvalue weighted by Gasteiger charge is -2.10. The normalized spacial score (nSPS) is 10.4.